The summed E-state index contributed by atoms with van der Waals surface area (Å²) in [5.74, 6) is 0. The Kier molecular flexibility index (Phi) is 6.38. The molecule has 0 spiro atoms. The third-order valence-electron chi connectivity index (χ3n) is 0.548. The first-order valence-electron chi connectivity index (χ1n) is 2.42. The Morgan fingerprint density at radius 3 is 1.38 bits per heavy atom. The minimum Gasteiger partial charge on any atom is -0.857 e. The van der Waals surface area contributed by atoms with E-state index in [9.17, 15) is 0 Å². The average Bonchev–Trinajstić information content (AvgIpc) is 1.71. The zero-order valence-electron chi connectivity index (χ0n) is 6.14. The molecule has 0 radical (unpaired) electrons. The molecular formula is C6H15NO. The average molecular weight is 117 g/mol. The Labute approximate surface area is 51.6 Å². The van der Waals surface area contributed by atoms with Crippen LogP contribution in [0.15, 0.2) is 12.8 Å². The maximum absolute atomic E-state index is 8.25. The summed E-state index contributed by atoms with van der Waals surface area (Å²) in [4.78, 5) is 0. The van der Waals surface area contributed by atoms with Crippen molar-refractivity contribution in [2.75, 3.05) is 28.3 Å². The predicted octanol–water partition coefficient (Wildman–Crippen LogP) is -0.187. The summed E-state index contributed by atoms with van der Waals surface area (Å²) in [5.41, 5.74) is 0. The van der Waals surface area contributed by atoms with Crippen molar-refractivity contribution < 1.29 is 9.59 Å². The Bertz CT molecular complexity index is 54.0. The molecule has 50 valence electrons. The molecule has 0 rings (SSSR count). The Morgan fingerprint density at radius 2 is 1.38 bits per heavy atom. The lowest BCUT2D eigenvalue weighted by Gasteiger charge is -2.15. The van der Waals surface area contributed by atoms with Crippen LogP contribution in [0.5, 0.6) is 0 Å². The number of rotatable bonds is 1. The van der Waals surface area contributed by atoms with Crippen molar-refractivity contribution in [2.45, 2.75) is 0 Å². The summed E-state index contributed by atoms with van der Waals surface area (Å²) in [6.45, 7) is 3.60. The lowest BCUT2D eigenvalue weighted by molar-refractivity contribution is -0.816. The molecule has 0 aliphatic heterocycles. The molecule has 0 fully saturated rings. The van der Waals surface area contributed by atoms with Gasteiger partial charge in [0.15, 0.2) is 0 Å². The van der Waals surface area contributed by atoms with Crippen LogP contribution in [0.3, 0.4) is 0 Å². The Balaban J connectivity index is 0. The van der Waals surface area contributed by atoms with Gasteiger partial charge in [0, 0.05) is 0 Å². The number of hydrogen-bond acceptors (Lipinski definition) is 1. The molecule has 0 aromatic carbocycles. The standard InChI is InChI=1S/C5H12N.CH3O/c1-5-6(2,3)4;1-2/h5H,1H2,2-4H3;1H3/q+1;-1. The van der Waals surface area contributed by atoms with Crippen molar-refractivity contribution in [3.05, 3.63) is 12.8 Å². The van der Waals surface area contributed by atoms with Gasteiger partial charge in [0.05, 0.1) is 27.3 Å². The fraction of sp³-hybridized carbons (Fsp3) is 0.667. The van der Waals surface area contributed by atoms with Gasteiger partial charge in [-0.25, -0.2) is 0 Å². The molecule has 2 heteroatoms. The lowest BCUT2D eigenvalue weighted by Crippen LogP contribution is -2.25. The van der Waals surface area contributed by atoms with Crippen LogP contribution in [0.4, 0.5) is 0 Å². The summed E-state index contributed by atoms with van der Waals surface area (Å²) >= 11 is 0. The van der Waals surface area contributed by atoms with Gasteiger partial charge in [-0.15, -0.1) is 0 Å². The first kappa shape index (κ1) is 10.6. The summed E-state index contributed by atoms with van der Waals surface area (Å²) in [7, 11) is 6.94. The number of hydrogen-bond donors (Lipinski definition) is 0. The summed E-state index contributed by atoms with van der Waals surface area (Å²) in [5, 5.41) is 8.25. The van der Waals surface area contributed by atoms with E-state index < -0.39 is 0 Å². The second-order valence-corrected chi connectivity index (χ2v) is 2.30. The van der Waals surface area contributed by atoms with Crippen LogP contribution < -0.4 is 5.11 Å². The van der Waals surface area contributed by atoms with E-state index in [2.05, 4.69) is 27.7 Å². The van der Waals surface area contributed by atoms with Gasteiger partial charge in [0.1, 0.15) is 0 Å². The predicted molar refractivity (Wildman–Crippen MR) is 34.2 cm³/mol. The van der Waals surface area contributed by atoms with Crippen LogP contribution >= 0.6 is 0 Å². The molecule has 2 nitrogen and oxygen atoms in total. The van der Waals surface area contributed by atoms with Crippen molar-refractivity contribution in [3.63, 3.8) is 0 Å². The molecule has 0 heterocycles. The van der Waals surface area contributed by atoms with E-state index in [4.69, 9.17) is 5.11 Å². The van der Waals surface area contributed by atoms with Gasteiger partial charge in [-0.3, -0.25) is 0 Å². The third-order valence-corrected chi connectivity index (χ3v) is 0.548. The molecule has 0 atom stereocenters. The van der Waals surface area contributed by atoms with Crippen molar-refractivity contribution in [2.24, 2.45) is 0 Å². The third kappa shape index (κ3) is 17.4. The van der Waals surface area contributed by atoms with Crippen LogP contribution in [-0.4, -0.2) is 32.7 Å². The molecule has 0 saturated carbocycles. The van der Waals surface area contributed by atoms with E-state index in [0.717, 1.165) is 11.6 Å². The van der Waals surface area contributed by atoms with Crippen molar-refractivity contribution in [1.82, 2.24) is 0 Å². The van der Waals surface area contributed by atoms with Gasteiger partial charge in [-0.05, 0) is 6.58 Å². The van der Waals surface area contributed by atoms with E-state index in [0.29, 0.717) is 0 Å². The van der Waals surface area contributed by atoms with E-state index in [1.807, 2.05) is 6.20 Å². The SMILES string of the molecule is C=C[N+](C)(C)C.C[O-]. The molecule has 0 aliphatic rings. The largest absolute Gasteiger partial charge is 0.857 e. The number of quaternary nitrogens is 1. The highest BCUT2D eigenvalue weighted by Gasteiger charge is 1.94. The molecule has 0 N–H and O–H groups in total. The fourth-order valence-electron chi connectivity index (χ4n) is 0. The van der Waals surface area contributed by atoms with E-state index in [1.165, 1.54) is 0 Å². The second-order valence-electron chi connectivity index (χ2n) is 2.30. The smallest absolute Gasteiger partial charge is 0.0879 e. The molecule has 0 bridgehead atoms. The lowest BCUT2D eigenvalue weighted by atomic mass is 10.7. The molecule has 0 amide bonds. The van der Waals surface area contributed by atoms with Gasteiger partial charge >= 0.3 is 0 Å². The summed E-state index contributed by atoms with van der Waals surface area (Å²) in [6.07, 6.45) is 1.88. The highest BCUT2D eigenvalue weighted by molar-refractivity contribution is 4.46. The zero-order chi connectivity index (χ0) is 7.21. The maximum atomic E-state index is 8.25. The Hall–Kier alpha value is -0.340. The first-order chi connectivity index (χ1) is 3.56. The highest BCUT2D eigenvalue weighted by atomic mass is 16.2. The van der Waals surface area contributed by atoms with E-state index in [-0.39, 0.29) is 0 Å². The Morgan fingerprint density at radius 1 is 1.25 bits per heavy atom. The van der Waals surface area contributed by atoms with Crippen LogP contribution in [0, 0.1) is 0 Å². The van der Waals surface area contributed by atoms with E-state index >= 15 is 0 Å². The molecule has 8 heavy (non-hydrogen) atoms. The quantitative estimate of drug-likeness (QED) is 0.437. The van der Waals surface area contributed by atoms with Crippen molar-refractivity contribution >= 4 is 0 Å². The molecule has 0 aromatic rings. The fourth-order valence-corrected chi connectivity index (χ4v) is 0. The highest BCUT2D eigenvalue weighted by Crippen LogP contribution is 1.85. The van der Waals surface area contributed by atoms with Crippen LogP contribution in [0.25, 0.3) is 0 Å². The van der Waals surface area contributed by atoms with E-state index in [1.54, 1.807) is 0 Å². The van der Waals surface area contributed by atoms with Gasteiger partial charge in [-0.1, -0.05) is 0 Å². The van der Waals surface area contributed by atoms with Crippen LogP contribution in [-0.2, 0) is 0 Å². The van der Waals surface area contributed by atoms with Crippen LogP contribution in [0.2, 0.25) is 0 Å². The molecule has 0 unspecified atom stereocenters. The van der Waals surface area contributed by atoms with Crippen LogP contribution in [0.1, 0.15) is 0 Å². The first-order valence-corrected chi connectivity index (χ1v) is 2.42. The number of nitrogens with zero attached hydrogens (tertiary/aromatic N) is 1. The summed E-state index contributed by atoms with van der Waals surface area (Å²) in [6, 6.07) is 0. The molecule has 0 aliphatic carbocycles. The second kappa shape index (κ2) is 4.81. The minimum absolute atomic E-state index is 0.750. The maximum Gasteiger partial charge on any atom is 0.0879 e. The minimum atomic E-state index is 0.750. The zero-order valence-corrected chi connectivity index (χ0v) is 6.14. The van der Waals surface area contributed by atoms with Gasteiger partial charge in [0.25, 0.3) is 0 Å². The molecule has 0 aromatic heterocycles. The van der Waals surface area contributed by atoms with Gasteiger partial charge in [-0.2, -0.15) is 7.11 Å². The van der Waals surface area contributed by atoms with Crippen molar-refractivity contribution in [3.8, 4) is 0 Å². The van der Waals surface area contributed by atoms with Gasteiger partial charge < -0.3 is 9.59 Å². The summed E-state index contributed by atoms with van der Waals surface area (Å²) < 4.78 is 0.833. The molecular weight excluding hydrogens is 102 g/mol. The van der Waals surface area contributed by atoms with Crippen molar-refractivity contribution in [1.29, 1.82) is 0 Å². The molecule has 0 saturated heterocycles. The topological polar surface area (TPSA) is 23.1 Å². The monoisotopic (exact) mass is 117 g/mol. The van der Waals surface area contributed by atoms with Gasteiger partial charge in [0.2, 0.25) is 0 Å². The normalized spacial score (nSPS) is 9.12.